The molecule has 0 heteroatoms. The van der Waals surface area contributed by atoms with E-state index in [0.717, 1.165) is 12.8 Å². The Morgan fingerprint density at radius 1 is 0.609 bits per heavy atom. The fraction of sp³-hybridized carbons (Fsp3) is 0.219. The van der Waals surface area contributed by atoms with Crippen molar-refractivity contribution in [2.24, 2.45) is 5.92 Å². The highest BCUT2D eigenvalue weighted by molar-refractivity contribution is 6.03. The summed E-state index contributed by atoms with van der Waals surface area (Å²) in [5.41, 5.74) is 18.9. The molecular weight excluding hydrogens is 769 g/mol. The van der Waals surface area contributed by atoms with Crippen LogP contribution in [0.15, 0.2) is 218 Å². The van der Waals surface area contributed by atoms with Gasteiger partial charge in [0, 0.05) is 5.41 Å². The molecule has 1 unspecified atom stereocenters. The Morgan fingerprint density at radius 3 is 1.80 bits per heavy atom. The van der Waals surface area contributed by atoms with Crippen LogP contribution in [0.2, 0.25) is 0 Å². The first kappa shape index (κ1) is 48.5. The Kier molecular flexibility index (Phi) is 18.1. The van der Waals surface area contributed by atoms with Crippen molar-refractivity contribution in [3.63, 3.8) is 0 Å². The maximum absolute atomic E-state index is 3.72. The molecule has 0 aromatic heterocycles. The smallest absolute Gasteiger partial charge is 0.0159 e. The molecule has 1 atom stereocenters. The van der Waals surface area contributed by atoms with Crippen LogP contribution in [-0.2, 0) is 11.8 Å². The van der Waals surface area contributed by atoms with Gasteiger partial charge in [0.15, 0.2) is 0 Å². The quantitative estimate of drug-likeness (QED) is 0.134. The van der Waals surface area contributed by atoms with Crippen molar-refractivity contribution >= 4 is 16.3 Å². The van der Waals surface area contributed by atoms with Gasteiger partial charge in [0.05, 0.1) is 0 Å². The summed E-state index contributed by atoms with van der Waals surface area (Å²) >= 11 is 0. The van der Waals surface area contributed by atoms with E-state index < -0.39 is 0 Å². The second kappa shape index (κ2) is 23.8. The molecule has 0 amide bonds. The number of aryl methyl sites for hydroxylation is 5. The third-order valence-corrected chi connectivity index (χ3v) is 11.9. The summed E-state index contributed by atoms with van der Waals surface area (Å²) in [4.78, 5) is 0. The van der Waals surface area contributed by atoms with E-state index in [1.807, 2.05) is 43.4 Å². The number of fused-ring (bicyclic) bond motifs is 5. The number of hydrogen-bond acceptors (Lipinski definition) is 0. The summed E-state index contributed by atoms with van der Waals surface area (Å²) < 4.78 is 0. The molecule has 0 bridgehead atoms. The molecule has 0 radical (unpaired) electrons. The van der Waals surface area contributed by atoms with Gasteiger partial charge in [-0.2, -0.15) is 0 Å². The molecule has 64 heavy (non-hydrogen) atoms. The normalized spacial score (nSPS) is 15.1. The molecule has 8 rings (SSSR count). The highest BCUT2D eigenvalue weighted by Gasteiger charge is 2.37. The van der Waals surface area contributed by atoms with Gasteiger partial charge >= 0.3 is 0 Å². The largest absolute Gasteiger partial charge is 0.0990 e. The lowest BCUT2D eigenvalue weighted by molar-refractivity contribution is 0.639. The topological polar surface area (TPSA) is 0 Å². The summed E-state index contributed by atoms with van der Waals surface area (Å²) in [5.74, 6) is 0.542. The van der Waals surface area contributed by atoms with Gasteiger partial charge in [0.25, 0.3) is 0 Å². The third kappa shape index (κ3) is 13.0. The van der Waals surface area contributed by atoms with Crippen molar-refractivity contribution in [2.45, 2.75) is 87.5 Å². The summed E-state index contributed by atoms with van der Waals surface area (Å²) in [6, 6.07) is 45.7. The number of rotatable bonds is 8. The van der Waals surface area contributed by atoms with Crippen LogP contribution >= 0.6 is 0 Å². The Hall–Kier alpha value is -6.50. The highest BCUT2D eigenvalue weighted by Crippen LogP contribution is 2.52. The van der Waals surface area contributed by atoms with Gasteiger partial charge < -0.3 is 0 Å². The molecule has 2 aliphatic rings. The van der Waals surface area contributed by atoms with Gasteiger partial charge in [-0.05, 0) is 141 Å². The summed E-state index contributed by atoms with van der Waals surface area (Å²) in [6.45, 7) is 25.3. The predicted molar refractivity (Wildman–Crippen MR) is 284 cm³/mol. The van der Waals surface area contributed by atoms with Crippen LogP contribution < -0.4 is 0 Å². The monoisotopic (exact) mass is 839 g/mol. The molecule has 0 N–H and O–H groups in total. The van der Waals surface area contributed by atoms with E-state index in [0.29, 0.717) is 5.92 Å². The van der Waals surface area contributed by atoms with Crippen LogP contribution in [0, 0.1) is 40.5 Å². The molecule has 6 aromatic rings. The average molecular weight is 839 g/mol. The Bertz CT molecular complexity index is 2700. The van der Waals surface area contributed by atoms with E-state index >= 15 is 0 Å². The fourth-order valence-electron chi connectivity index (χ4n) is 8.62. The van der Waals surface area contributed by atoms with Gasteiger partial charge in [-0.15, -0.1) is 0 Å². The first-order valence-corrected chi connectivity index (χ1v) is 23.0. The minimum Gasteiger partial charge on any atom is -0.0990 e. The predicted octanol–water partition coefficient (Wildman–Crippen LogP) is 18.0. The van der Waals surface area contributed by atoms with E-state index in [4.69, 9.17) is 0 Å². The van der Waals surface area contributed by atoms with Crippen LogP contribution in [0.1, 0.15) is 91.1 Å². The van der Waals surface area contributed by atoms with E-state index in [2.05, 4.69) is 233 Å². The Morgan fingerprint density at radius 2 is 1.23 bits per heavy atom. The third-order valence-electron chi connectivity index (χ3n) is 11.9. The van der Waals surface area contributed by atoms with Gasteiger partial charge in [-0.1, -0.05) is 243 Å². The van der Waals surface area contributed by atoms with E-state index in [-0.39, 0.29) is 5.41 Å². The number of hydrogen-bond donors (Lipinski definition) is 0. The summed E-state index contributed by atoms with van der Waals surface area (Å²) in [6.07, 6.45) is 28.0. The lowest BCUT2D eigenvalue weighted by Gasteiger charge is -2.23. The van der Waals surface area contributed by atoms with Gasteiger partial charge in [0.2, 0.25) is 0 Å². The first-order valence-electron chi connectivity index (χ1n) is 23.0. The molecule has 0 aliphatic heterocycles. The molecule has 0 nitrogen and oxygen atoms in total. The molecule has 326 valence electrons. The number of benzene rings is 6. The average Bonchev–Trinajstić information content (AvgIpc) is 3.51. The zero-order chi connectivity index (χ0) is 46.1. The highest BCUT2D eigenvalue weighted by atomic mass is 14.4. The molecule has 2 aliphatic carbocycles. The van der Waals surface area contributed by atoms with Crippen LogP contribution in [0.25, 0.3) is 27.5 Å². The standard InChI is InChI=1S/C35H36.C14H16.C8H10.C7H8/c1-6-8-12-27(11-7-2)28-18-15-25(16-19-28)22-26-17-20-31-32(23-26)35(4,5)33-21-24(3)29-13-9-10-14-30(29)34(31)33;1-4-7-13(8-5-2)14-10-6-9-12(3)11-14;1-7-4-3-5-8(2)6-7;1-7-5-3-2-4-6-7/h6-15,17-21,23,25H,16,22H2,1-5H3;4-11H,1H2,2-3H3;3-6H,1-2H3;2-6H,1H3/b8-6-,11-7-,27-12+;8-5-,13-7+;;. The van der Waals surface area contributed by atoms with E-state index in [9.17, 15) is 0 Å². The van der Waals surface area contributed by atoms with E-state index in [1.54, 1.807) is 0 Å². The molecule has 0 saturated heterocycles. The second-order valence-corrected chi connectivity index (χ2v) is 17.6. The minimum absolute atomic E-state index is 0.0178. The summed E-state index contributed by atoms with van der Waals surface area (Å²) in [7, 11) is 0. The Labute approximate surface area is 387 Å². The van der Waals surface area contributed by atoms with Crippen molar-refractivity contribution in [1.82, 2.24) is 0 Å². The molecule has 0 heterocycles. The number of allylic oxidation sites excluding steroid dienone is 15. The van der Waals surface area contributed by atoms with Gasteiger partial charge in [-0.25, -0.2) is 0 Å². The molecule has 6 aromatic carbocycles. The lowest BCUT2D eigenvalue weighted by atomic mass is 9.80. The lowest BCUT2D eigenvalue weighted by Crippen LogP contribution is -2.16. The van der Waals surface area contributed by atoms with Crippen molar-refractivity contribution in [1.29, 1.82) is 0 Å². The van der Waals surface area contributed by atoms with Crippen LogP contribution in [0.4, 0.5) is 0 Å². The van der Waals surface area contributed by atoms with E-state index in [1.165, 1.54) is 88.7 Å². The van der Waals surface area contributed by atoms with Crippen LogP contribution in [-0.4, -0.2) is 0 Å². The Balaban J connectivity index is 0.000000214. The van der Waals surface area contributed by atoms with Gasteiger partial charge in [0.1, 0.15) is 0 Å². The molecule has 0 fully saturated rings. The molecular formula is C64H70. The maximum atomic E-state index is 3.72. The molecule has 0 spiro atoms. The minimum atomic E-state index is 0.0178. The van der Waals surface area contributed by atoms with Crippen molar-refractivity contribution < 1.29 is 0 Å². The fourth-order valence-corrected chi connectivity index (χ4v) is 8.62. The van der Waals surface area contributed by atoms with Crippen molar-refractivity contribution in [2.75, 3.05) is 0 Å². The first-order chi connectivity index (χ1) is 30.9. The zero-order valence-corrected chi connectivity index (χ0v) is 40.3. The van der Waals surface area contributed by atoms with Crippen LogP contribution in [0.3, 0.4) is 0 Å². The van der Waals surface area contributed by atoms with Gasteiger partial charge in [-0.3, -0.25) is 0 Å². The van der Waals surface area contributed by atoms with Crippen molar-refractivity contribution in [3.05, 3.63) is 268 Å². The maximum Gasteiger partial charge on any atom is 0.0159 e. The SMILES string of the molecule is C=C/C=C(\C=C/C)c1cccc(C)c1.C\C=C/C=C(\C=C/C)C1=CCC(Cc2ccc3c(c2)C(C)(C)c2cc(C)c4ccccc4c2-3)C=C1.Cc1cccc(C)c1.Cc1ccccc1. The second-order valence-electron chi connectivity index (χ2n) is 17.6. The molecule has 0 saturated carbocycles. The summed E-state index contributed by atoms with van der Waals surface area (Å²) in [5, 5.41) is 2.76. The van der Waals surface area contributed by atoms with Crippen LogP contribution in [0.5, 0.6) is 0 Å². The van der Waals surface area contributed by atoms with Crippen molar-refractivity contribution in [3.8, 4) is 11.1 Å². The zero-order valence-electron chi connectivity index (χ0n) is 40.3.